The maximum atomic E-state index is 11.4. The molecule has 0 saturated heterocycles. The van der Waals surface area contributed by atoms with Crippen LogP contribution >= 0.6 is 0 Å². The van der Waals surface area contributed by atoms with E-state index in [2.05, 4.69) is 5.32 Å². The summed E-state index contributed by atoms with van der Waals surface area (Å²) in [5, 5.41) is 2.69. The summed E-state index contributed by atoms with van der Waals surface area (Å²) in [6.07, 6.45) is -0.576. The first-order chi connectivity index (χ1) is 7.63. The maximum Gasteiger partial charge on any atom is 0.411 e. The van der Waals surface area contributed by atoms with Gasteiger partial charge in [-0.05, 0) is 19.9 Å². The molecule has 0 saturated carbocycles. The van der Waals surface area contributed by atoms with Crippen LogP contribution in [0.2, 0.25) is 0 Å². The molecule has 1 aromatic carbocycles. The van der Waals surface area contributed by atoms with E-state index in [1.807, 2.05) is 24.3 Å². The van der Waals surface area contributed by atoms with Crippen LogP contribution in [-0.4, -0.2) is 19.3 Å². The Morgan fingerprint density at radius 1 is 1.38 bits per heavy atom. The van der Waals surface area contributed by atoms with Gasteiger partial charge in [0.15, 0.2) is 0 Å². The highest BCUT2D eigenvalue weighted by molar-refractivity contribution is 5.85. The largest absolute Gasteiger partial charge is 0.447 e. The van der Waals surface area contributed by atoms with Gasteiger partial charge in [-0.1, -0.05) is 18.2 Å². The number of anilines is 1. The number of para-hydroxylation sites is 1. The molecule has 4 heteroatoms. The highest BCUT2D eigenvalue weighted by atomic mass is 16.6. The van der Waals surface area contributed by atoms with Crippen molar-refractivity contribution in [1.82, 2.24) is 0 Å². The molecule has 88 valence electrons. The number of ether oxygens (including phenoxy) is 2. The predicted octanol–water partition coefficient (Wildman–Crippen LogP) is 2.79. The van der Waals surface area contributed by atoms with E-state index >= 15 is 0 Å². The van der Waals surface area contributed by atoms with Gasteiger partial charge in [-0.3, -0.25) is 5.32 Å². The van der Waals surface area contributed by atoms with E-state index in [-0.39, 0.29) is 6.10 Å². The van der Waals surface area contributed by atoms with Crippen LogP contribution in [0.25, 0.3) is 0 Å². The van der Waals surface area contributed by atoms with Gasteiger partial charge in [0, 0.05) is 18.4 Å². The highest BCUT2D eigenvalue weighted by Crippen LogP contribution is 2.16. The predicted molar refractivity (Wildman–Crippen MR) is 62.4 cm³/mol. The van der Waals surface area contributed by atoms with Crippen LogP contribution in [0.1, 0.15) is 19.4 Å². The van der Waals surface area contributed by atoms with Gasteiger partial charge in [0.1, 0.15) is 0 Å². The summed E-state index contributed by atoms with van der Waals surface area (Å²) in [6.45, 7) is 4.07. The van der Waals surface area contributed by atoms with Crippen LogP contribution < -0.4 is 5.32 Å². The average Bonchev–Trinajstić information content (AvgIpc) is 2.20. The molecule has 0 aliphatic rings. The minimum Gasteiger partial charge on any atom is -0.447 e. The van der Waals surface area contributed by atoms with Crippen molar-refractivity contribution in [2.45, 2.75) is 26.6 Å². The molecule has 1 amide bonds. The molecule has 4 nitrogen and oxygen atoms in total. The number of nitrogens with one attached hydrogen (secondary N) is 1. The van der Waals surface area contributed by atoms with Crippen molar-refractivity contribution < 1.29 is 14.3 Å². The summed E-state index contributed by atoms with van der Waals surface area (Å²) in [5.41, 5.74) is 1.64. The first kappa shape index (κ1) is 12.5. The van der Waals surface area contributed by atoms with Gasteiger partial charge < -0.3 is 9.47 Å². The molecule has 16 heavy (non-hydrogen) atoms. The van der Waals surface area contributed by atoms with Crippen LogP contribution in [0.4, 0.5) is 10.5 Å². The topological polar surface area (TPSA) is 47.6 Å². The number of amides is 1. The smallest absolute Gasteiger partial charge is 0.411 e. The Morgan fingerprint density at radius 2 is 2.06 bits per heavy atom. The molecule has 0 unspecified atom stereocenters. The van der Waals surface area contributed by atoms with Gasteiger partial charge in [-0.25, -0.2) is 4.79 Å². The molecule has 0 spiro atoms. The molecule has 0 atom stereocenters. The fourth-order valence-corrected chi connectivity index (χ4v) is 1.28. The van der Waals surface area contributed by atoms with Crippen LogP contribution in [0.5, 0.6) is 0 Å². The van der Waals surface area contributed by atoms with Gasteiger partial charge in [0.25, 0.3) is 0 Å². The Bertz CT molecular complexity index is 350. The number of methoxy groups -OCH3 is 1. The average molecular weight is 223 g/mol. The monoisotopic (exact) mass is 223 g/mol. The van der Waals surface area contributed by atoms with E-state index in [1.165, 1.54) is 0 Å². The molecule has 1 aromatic rings. The Balaban J connectivity index is 2.68. The van der Waals surface area contributed by atoms with Crippen molar-refractivity contribution in [2.75, 3.05) is 12.4 Å². The van der Waals surface area contributed by atoms with E-state index in [1.54, 1.807) is 21.0 Å². The SMILES string of the molecule is COCc1ccccc1NC(=O)OC(C)C. The van der Waals surface area contributed by atoms with Crippen LogP contribution in [-0.2, 0) is 16.1 Å². The lowest BCUT2D eigenvalue weighted by molar-refractivity contribution is 0.130. The number of carbonyl (C=O) groups is 1. The van der Waals surface area contributed by atoms with Gasteiger partial charge >= 0.3 is 6.09 Å². The van der Waals surface area contributed by atoms with E-state index in [9.17, 15) is 4.79 Å². The molecule has 0 heterocycles. The lowest BCUT2D eigenvalue weighted by Gasteiger charge is -2.12. The second-order valence-corrected chi connectivity index (χ2v) is 3.67. The van der Waals surface area contributed by atoms with Gasteiger partial charge in [-0.2, -0.15) is 0 Å². The van der Waals surface area contributed by atoms with Crippen molar-refractivity contribution in [2.24, 2.45) is 0 Å². The Hall–Kier alpha value is -1.55. The standard InChI is InChI=1S/C12H17NO3/c1-9(2)16-12(14)13-11-7-5-4-6-10(11)8-15-3/h4-7,9H,8H2,1-3H3,(H,13,14). The molecule has 0 aliphatic carbocycles. The minimum absolute atomic E-state index is 0.130. The van der Waals surface area contributed by atoms with E-state index in [0.717, 1.165) is 11.3 Å². The summed E-state index contributed by atoms with van der Waals surface area (Å²) < 4.78 is 10.0. The van der Waals surface area contributed by atoms with Crippen LogP contribution in [0.3, 0.4) is 0 Å². The summed E-state index contributed by atoms with van der Waals surface area (Å²) >= 11 is 0. The first-order valence-electron chi connectivity index (χ1n) is 5.18. The maximum absolute atomic E-state index is 11.4. The quantitative estimate of drug-likeness (QED) is 0.853. The lowest BCUT2D eigenvalue weighted by Crippen LogP contribution is -2.18. The molecule has 1 rings (SSSR count). The summed E-state index contributed by atoms with van der Waals surface area (Å²) in [6, 6.07) is 7.46. The molecule has 0 aliphatic heterocycles. The fourth-order valence-electron chi connectivity index (χ4n) is 1.28. The minimum atomic E-state index is -0.446. The number of carbonyl (C=O) groups excluding carboxylic acids is 1. The molecular weight excluding hydrogens is 206 g/mol. The number of hydrogen-bond acceptors (Lipinski definition) is 3. The van der Waals surface area contributed by atoms with E-state index in [4.69, 9.17) is 9.47 Å². The third-order valence-electron chi connectivity index (χ3n) is 1.90. The Labute approximate surface area is 95.6 Å². The second kappa shape index (κ2) is 6.12. The summed E-state index contributed by atoms with van der Waals surface area (Å²) in [5.74, 6) is 0. The van der Waals surface area contributed by atoms with Crippen molar-refractivity contribution in [3.63, 3.8) is 0 Å². The van der Waals surface area contributed by atoms with Gasteiger partial charge in [0.05, 0.1) is 12.7 Å². The molecule has 0 fully saturated rings. The summed E-state index contributed by atoms with van der Waals surface area (Å²) in [4.78, 5) is 11.4. The molecular formula is C12H17NO3. The Morgan fingerprint density at radius 3 is 2.69 bits per heavy atom. The lowest BCUT2D eigenvalue weighted by atomic mass is 10.2. The highest BCUT2D eigenvalue weighted by Gasteiger charge is 2.08. The number of rotatable bonds is 4. The van der Waals surface area contributed by atoms with Crippen molar-refractivity contribution in [3.05, 3.63) is 29.8 Å². The van der Waals surface area contributed by atoms with E-state index < -0.39 is 6.09 Å². The normalized spacial score (nSPS) is 10.2. The molecule has 0 aromatic heterocycles. The fraction of sp³-hybridized carbons (Fsp3) is 0.417. The van der Waals surface area contributed by atoms with Crippen molar-refractivity contribution >= 4 is 11.8 Å². The van der Waals surface area contributed by atoms with Gasteiger partial charge in [-0.15, -0.1) is 0 Å². The zero-order chi connectivity index (χ0) is 12.0. The third-order valence-corrected chi connectivity index (χ3v) is 1.90. The van der Waals surface area contributed by atoms with Gasteiger partial charge in [0.2, 0.25) is 0 Å². The van der Waals surface area contributed by atoms with Crippen molar-refractivity contribution in [3.8, 4) is 0 Å². The van der Waals surface area contributed by atoms with Crippen molar-refractivity contribution in [1.29, 1.82) is 0 Å². The number of benzene rings is 1. The number of hydrogen-bond donors (Lipinski definition) is 1. The van der Waals surface area contributed by atoms with E-state index in [0.29, 0.717) is 6.61 Å². The van der Waals surface area contributed by atoms with Crippen LogP contribution in [0, 0.1) is 0 Å². The summed E-state index contributed by atoms with van der Waals surface area (Å²) in [7, 11) is 1.61. The molecule has 1 N–H and O–H groups in total. The zero-order valence-corrected chi connectivity index (χ0v) is 9.82. The van der Waals surface area contributed by atoms with Crippen LogP contribution in [0.15, 0.2) is 24.3 Å². The Kier molecular flexibility index (Phi) is 4.79. The zero-order valence-electron chi connectivity index (χ0n) is 9.82. The first-order valence-corrected chi connectivity index (χ1v) is 5.18. The third kappa shape index (κ3) is 3.90. The molecule has 0 bridgehead atoms. The second-order valence-electron chi connectivity index (χ2n) is 3.67. The molecule has 0 radical (unpaired) electrons.